The lowest BCUT2D eigenvalue weighted by Gasteiger charge is -2.22. The largest absolute Gasteiger partial charge is 0.297 e. The molecule has 0 saturated heterocycles. The molecule has 4 nitrogen and oxygen atoms in total. The molecule has 2 N–H and O–H groups in total. The molecule has 0 bridgehead atoms. The summed E-state index contributed by atoms with van der Waals surface area (Å²) in [6, 6.07) is 15.8. The van der Waals surface area contributed by atoms with E-state index in [1.807, 2.05) is 55.6 Å². The molecule has 3 rings (SSSR count). The van der Waals surface area contributed by atoms with Crippen LogP contribution in [0.3, 0.4) is 0 Å². The van der Waals surface area contributed by atoms with Gasteiger partial charge in [-0.1, -0.05) is 46.3 Å². The Kier molecular flexibility index (Phi) is 4.05. The maximum atomic E-state index is 10.5. The van der Waals surface area contributed by atoms with Gasteiger partial charge in [0.15, 0.2) is 0 Å². The summed E-state index contributed by atoms with van der Waals surface area (Å²) in [5.74, 6) is 0. The third kappa shape index (κ3) is 2.85. The van der Waals surface area contributed by atoms with E-state index in [-0.39, 0.29) is 6.17 Å². The molecule has 21 heavy (non-hydrogen) atoms. The van der Waals surface area contributed by atoms with Crippen molar-refractivity contribution in [2.75, 3.05) is 13.6 Å². The number of hydroxylamine groups is 2. The van der Waals surface area contributed by atoms with E-state index < -0.39 is 0 Å². The quantitative estimate of drug-likeness (QED) is 0.866. The second-order valence-electron chi connectivity index (χ2n) is 4.89. The molecule has 0 saturated carbocycles. The highest BCUT2D eigenvalue weighted by Gasteiger charge is 2.18. The van der Waals surface area contributed by atoms with E-state index in [2.05, 4.69) is 26.2 Å². The molecule has 0 aromatic heterocycles. The van der Waals surface area contributed by atoms with E-state index in [0.29, 0.717) is 6.54 Å². The fraction of sp³-hybridized carbons (Fsp3) is 0.188. The first kappa shape index (κ1) is 14.3. The van der Waals surface area contributed by atoms with Crippen molar-refractivity contribution >= 4 is 21.6 Å². The van der Waals surface area contributed by atoms with Crippen molar-refractivity contribution in [3.8, 4) is 0 Å². The summed E-state index contributed by atoms with van der Waals surface area (Å²) in [6.45, 7) is 0.396. The van der Waals surface area contributed by atoms with Gasteiger partial charge in [0.2, 0.25) is 0 Å². The van der Waals surface area contributed by atoms with Gasteiger partial charge in [0.05, 0.1) is 17.6 Å². The molecule has 1 aliphatic heterocycles. The Hall–Kier alpha value is -1.69. The molecule has 108 valence electrons. The van der Waals surface area contributed by atoms with Crippen molar-refractivity contribution < 1.29 is 5.21 Å². The molecular weight excluding hydrogens is 330 g/mol. The van der Waals surface area contributed by atoms with Gasteiger partial charge in [0.1, 0.15) is 6.17 Å². The third-order valence-corrected chi connectivity index (χ3v) is 3.99. The van der Waals surface area contributed by atoms with Crippen LogP contribution in [0.15, 0.2) is 58.0 Å². The van der Waals surface area contributed by atoms with Gasteiger partial charge < -0.3 is 0 Å². The van der Waals surface area contributed by atoms with Crippen molar-refractivity contribution in [1.29, 1.82) is 0 Å². The third-order valence-electron chi connectivity index (χ3n) is 3.49. The molecule has 0 spiro atoms. The minimum absolute atomic E-state index is 0.156. The molecule has 0 amide bonds. The first-order chi connectivity index (χ1) is 10.2. The molecule has 2 aromatic carbocycles. The van der Waals surface area contributed by atoms with E-state index >= 15 is 0 Å². The number of hydrogen-bond acceptors (Lipinski definition) is 4. The van der Waals surface area contributed by atoms with Gasteiger partial charge in [-0.3, -0.25) is 20.6 Å². The number of benzene rings is 2. The summed E-state index contributed by atoms with van der Waals surface area (Å²) < 4.78 is 0.959. The van der Waals surface area contributed by atoms with Crippen molar-refractivity contribution in [3.05, 3.63) is 69.1 Å². The first-order valence-electron chi connectivity index (χ1n) is 6.76. The Balaban J connectivity index is 2.36. The van der Waals surface area contributed by atoms with Crippen LogP contribution in [0.1, 0.15) is 5.56 Å². The zero-order valence-electron chi connectivity index (χ0n) is 11.6. The SMILES string of the molecule is CNC1CN(O)C(c2ccccc2)=c2cc(Br)ccc2=N1. The molecule has 1 heterocycles. The lowest BCUT2D eigenvalue weighted by molar-refractivity contribution is -0.0332. The van der Waals surface area contributed by atoms with Crippen LogP contribution < -0.4 is 15.9 Å². The van der Waals surface area contributed by atoms with E-state index in [4.69, 9.17) is 0 Å². The highest BCUT2D eigenvalue weighted by Crippen LogP contribution is 2.16. The van der Waals surface area contributed by atoms with Crippen LogP contribution in [-0.4, -0.2) is 30.0 Å². The van der Waals surface area contributed by atoms with Crippen LogP contribution in [0.2, 0.25) is 0 Å². The minimum Gasteiger partial charge on any atom is -0.297 e. The summed E-state index contributed by atoms with van der Waals surface area (Å²) in [5, 5.41) is 16.7. The second kappa shape index (κ2) is 5.97. The van der Waals surface area contributed by atoms with Crippen LogP contribution >= 0.6 is 15.9 Å². The lowest BCUT2D eigenvalue weighted by atomic mass is 10.1. The van der Waals surface area contributed by atoms with E-state index in [9.17, 15) is 5.21 Å². The Morgan fingerprint density at radius 1 is 1.24 bits per heavy atom. The van der Waals surface area contributed by atoms with Crippen LogP contribution in [0.4, 0.5) is 0 Å². The van der Waals surface area contributed by atoms with Crippen molar-refractivity contribution in [1.82, 2.24) is 10.4 Å². The van der Waals surface area contributed by atoms with Crippen molar-refractivity contribution in [2.45, 2.75) is 6.17 Å². The summed E-state index contributed by atoms with van der Waals surface area (Å²) in [7, 11) is 1.84. The number of likely N-dealkylation sites (N-methyl/N-ethyl adjacent to an activating group) is 1. The Morgan fingerprint density at radius 3 is 2.71 bits per heavy atom. The highest BCUT2D eigenvalue weighted by atomic mass is 79.9. The van der Waals surface area contributed by atoms with E-state index in [0.717, 1.165) is 26.3 Å². The molecule has 5 heteroatoms. The van der Waals surface area contributed by atoms with Crippen molar-refractivity contribution in [2.24, 2.45) is 4.99 Å². The molecule has 0 fully saturated rings. The minimum atomic E-state index is -0.156. The topological polar surface area (TPSA) is 47.9 Å². The van der Waals surface area contributed by atoms with Gasteiger partial charge >= 0.3 is 0 Å². The zero-order chi connectivity index (χ0) is 14.8. The fourth-order valence-corrected chi connectivity index (χ4v) is 2.83. The lowest BCUT2D eigenvalue weighted by Crippen LogP contribution is -2.35. The molecular formula is C16H16BrN3O. The predicted molar refractivity (Wildman–Crippen MR) is 85.2 cm³/mol. The summed E-state index contributed by atoms with van der Waals surface area (Å²) in [6.07, 6.45) is -0.156. The normalized spacial score (nSPS) is 18.0. The number of halogens is 1. The molecule has 0 aliphatic carbocycles. The summed E-state index contributed by atoms with van der Waals surface area (Å²) >= 11 is 3.50. The maximum Gasteiger partial charge on any atom is 0.120 e. The molecule has 0 radical (unpaired) electrons. The second-order valence-corrected chi connectivity index (χ2v) is 5.81. The monoisotopic (exact) mass is 345 g/mol. The summed E-state index contributed by atoms with van der Waals surface area (Å²) in [5.41, 5.74) is 1.74. The average molecular weight is 346 g/mol. The van der Waals surface area contributed by atoms with Crippen LogP contribution in [0.5, 0.6) is 0 Å². The molecule has 1 unspecified atom stereocenters. The van der Waals surface area contributed by atoms with Gasteiger partial charge in [0.25, 0.3) is 0 Å². The van der Waals surface area contributed by atoms with Gasteiger partial charge in [-0.05, 0) is 25.2 Å². The smallest absolute Gasteiger partial charge is 0.120 e. The zero-order valence-corrected chi connectivity index (χ0v) is 13.2. The van der Waals surface area contributed by atoms with E-state index in [1.165, 1.54) is 5.06 Å². The average Bonchev–Trinajstić information content (AvgIpc) is 2.63. The Labute approximate surface area is 131 Å². The van der Waals surface area contributed by atoms with E-state index in [1.54, 1.807) is 0 Å². The maximum absolute atomic E-state index is 10.5. The number of nitrogens with one attached hydrogen (secondary N) is 1. The van der Waals surface area contributed by atoms with Gasteiger partial charge in [-0.15, -0.1) is 0 Å². The molecule has 1 aliphatic rings. The Morgan fingerprint density at radius 2 is 2.00 bits per heavy atom. The van der Waals surface area contributed by atoms with Gasteiger partial charge in [0, 0.05) is 15.3 Å². The summed E-state index contributed by atoms with van der Waals surface area (Å²) in [4.78, 5) is 4.67. The number of hydrogen-bond donors (Lipinski definition) is 2. The van der Waals surface area contributed by atoms with Crippen LogP contribution in [0, 0.1) is 0 Å². The number of rotatable bonds is 2. The van der Waals surface area contributed by atoms with Crippen LogP contribution in [-0.2, 0) is 0 Å². The Bertz CT molecular complexity index is 761. The molecule has 2 aromatic rings. The number of nitrogens with zero attached hydrogens (tertiary/aromatic N) is 2. The van der Waals surface area contributed by atoms with Gasteiger partial charge in [-0.2, -0.15) is 0 Å². The number of fused-ring (bicyclic) bond motifs is 1. The standard InChI is InChI=1S/C16H16BrN3O/c1-18-15-10-20(21)16(11-5-3-2-4-6-11)13-9-12(17)7-8-14(13)19-15/h2-9,15,18,21H,10H2,1H3. The molecule has 1 atom stereocenters. The van der Waals surface area contributed by atoms with Crippen molar-refractivity contribution in [3.63, 3.8) is 0 Å². The van der Waals surface area contributed by atoms with Crippen LogP contribution in [0.25, 0.3) is 5.70 Å². The predicted octanol–water partition coefficient (Wildman–Crippen LogP) is 1.48. The first-order valence-corrected chi connectivity index (χ1v) is 7.55. The fourth-order valence-electron chi connectivity index (χ4n) is 2.47. The highest BCUT2D eigenvalue weighted by molar-refractivity contribution is 9.10. The van der Waals surface area contributed by atoms with Gasteiger partial charge in [-0.25, -0.2) is 0 Å².